The van der Waals surface area contributed by atoms with E-state index >= 15 is 0 Å². The van der Waals surface area contributed by atoms with E-state index in [0.717, 1.165) is 10.2 Å². The molecule has 1 aliphatic carbocycles. The van der Waals surface area contributed by atoms with Crippen LogP contribution in [0.3, 0.4) is 0 Å². The highest BCUT2D eigenvalue weighted by Crippen LogP contribution is 2.32. The van der Waals surface area contributed by atoms with E-state index in [-0.39, 0.29) is 0 Å². The van der Waals surface area contributed by atoms with Crippen molar-refractivity contribution in [1.82, 2.24) is 0 Å². The second-order valence-corrected chi connectivity index (χ2v) is 5.10. The Hall–Kier alpha value is -0.540. The van der Waals surface area contributed by atoms with Crippen molar-refractivity contribution < 1.29 is 4.74 Å². The highest BCUT2D eigenvalue weighted by Gasteiger charge is 2.11. The van der Waals surface area contributed by atoms with Gasteiger partial charge in [0.25, 0.3) is 0 Å². The Bertz CT molecular complexity index is 365. The van der Waals surface area contributed by atoms with Gasteiger partial charge in [-0.05, 0) is 64.9 Å². The zero-order chi connectivity index (χ0) is 11.4. The molecule has 88 valence electrons. The van der Waals surface area contributed by atoms with Gasteiger partial charge in [0.05, 0.1) is 4.47 Å². The van der Waals surface area contributed by atoms with Gasteiger partial charge in [-0.1, -0.05) is 6.42 Å². The molecule has 0 saturated carbocycles. The van der Waals surface area contributed by atoms with Gasteiger partial charge in [-0.3, -0.25) is 0 Å². The summed E-state index contributed by atoms with van der Waals surface area (Å²) in [6, 6.07) is 4.40. The van der Waals surface area contributed by atoms with Gasteiger partial charge in [-0.15, -0.1) is 0 Å². The molecule has 0 unspecified atom stereocenters. The number of fused-ring (bicyclic) bond motifs is 1. The number of halogens is 1. The van der Waals surface area contributed by atoms with Crippen molar-refractivity contribution in [2.45, 2.75) is 32.1 Å². The van der Waals surface area contributed by atoms with Crippen LogP contribution >= 0.6 is 15.9 Å². The Morgan fingerprint density at radius 3 is 2.50 bits per heavy atom. The van der Waals surface area contributed by atoms with Gasteiger partial charge in [0.1, 0.15) is 12.4 Å². The van der Waals surface area contributed by atoms with Crippen molar-refractivity contribution in [2.24, 2.45) is 5.73 Å². The van der Waals surface area contributed by atoms with Crippen molar-refractivity contribution in [3.8, 4) is 5.75 Å². The topological polar surface area (TPSA) is 35.2 Å². The van der Waals surface area contributed by atoms with Gasteiger partial charge in [-0.2, -0.15) is 0 Å². The monoisotopic (exact) mass is 283 g/mol. The fourth-order valence-corrected chi connectivity index (χ4v) is 2.69. The second-order valence-electron chi connectivity index (χ2n) is 4.25. The van der Waals surface area contributed by atoms with E-state index in [0.29, 0.717) is 13.2 Å². The summed E-state index contributed by atoms with van der Waals surface area (Å²) in [7, 11) is 0. The summed E-state index contributed by atoms with van der Waals surface area (Å²) in [5.41, 5.74) is 8.38. The van der Waals surface area contributed by atoms with E-state index in [9.17, 15) is 0 Å². The molecule has 0 amide bonds. The first-order chi connectivity index (χ1) is 7.81. The zero-order valence-electron chi connectivity index (χ0n) is 9.47. The molecule has 1 aliphatic rings. The quantitative estimate of drug-likeness (QED) is 0.866. The summed E-state index contributed by atoms with van der Waals surface area (Å²) in [4.78, 5) is 0. The van der Waals surface area contributed by atoms with E-state index in [1.807, 2.05) is 0 Å². The molecule has 0 bridgehead atoms. The van der Waals surface area contributed by atoms with Crippen LogP contribution in [0.2, 0.25) is 0 Å². The first-order valence-corrected chi connectivity index (χ1v) is 6.74. The average Bonchev–Trinajstić information content (AvgIpc) is 2.50. The number of benzene rings is 1. The molecular formula is C13H18BrNO. The average molecular weight is 284 g/mol. The van der Waals surface area contributed by atoms with E-state index in [1.165, 1.54) is 43.2 Å². The number of ether oxygens (including phenoxy) is 1. The van der Waals surface area contributed by atoms with Gasteiger partial charge in [0.2, 0.25) is 0 Å². The molecule has 2 rings (SSSR count). The lowest BCUT2D eigenvalue weighted by molar-refractivity contribution is 0.326. The van der Waals surface area contributed by atoms with E-state index < -0.39 is 0 Å². The van der Waals surface area contributed by atoms with Crippen LogP contribution in [0.1, 0.15) is 30.4 Å². The molecule has 0 atom stereocenters. The Kier molecular flexibility index (Phi) is 4.24. The molecular weight excluding hydrogens is 266 g/mol. The van der Waals surface area contributed by atoms with Crippen molar-refractivity contribution >= 4 is 15.9 Å². The zero-order valence-corrected chi connectivity index (χ0v) is 11.1. The maximum absolute atomic E-state index is 5.62. The number of hydrogen-bond acceptors (Lipinski definition) is 2. The molecule has 0 fully saturated rings. The summed E-state index contributed by atoms with van der Waals surface area (Å²) in [5, 5.41) is 0. The lowest BCUT2D eigenvalue weighted by Crippen LogP contribution is -2.11. The van der Waals surface area contributed by atoms with E-state index in [4.69, 9.17) is 10.5 Å². The molecule has 0 aromatic heterocycles. The molecule has 1 aromatic carbocycles. The highest BCUT2D eigenvalue weighted by molar-refractivity contribution is 9.10. The third-order valence-electron chi connectivity index (χ3n) is 3.02. The Labute approximate surface area is 105 Å². The van der Waals surface area contributed by atoms with Crippen molar-refractivity contribution in [1.29, 1.82) is 0 Å². The minimum Gasteiger partial charge on any atom is -0.491 e. The molecule has 0 saturated heterocycles. The standard InChI is InChI=1S/C13H18BrNO/c14-12-8-10-4-2-1-3-5-11(10)9-13(12)16-7-6-15/h8-9H,1-7,15H2. The lowest BCUT2D eigenvalue weighted by atomic mass is 10.0. The molecule has 3 heteroatoms. The predicted octanol–water partition coefficient (Wildman–Crippen LogP) is 3.06. The maximum Gasteiger partial charge on any atom is 0.133 e. The fraction of sp³-hybridized carbons (Fsp3) is 0.538. The second kappa shape index (κ2) is 5.69. The van der Waals surface area contributed by atoms with Crippen LogP contribution in [-0.4, -0.2) is 13.2 Å². The number of aryl methyl sites for hydroxylation is 2. The van der Waals surface area contributed by atoms with Crippen molar-refractivity contribution in [3.05, 3.63) is 27.7 Å². The van der Waals surface area contributed by atoms with Crippen LogP contribution in [0.15, 0.2) is 16.6 Å². The molecule has 2 nitrogen and oxygen atoms in total. The molecule has 0 aliphatic heterocycles. The van der Waals surface area contributed by atoms with Crippen LogP contribution in [-0.2, 0) is 12.8 Å². The van der Waals surface area contributed by atoms with Crippen LogP contribution in [0.5, 0.6) is 5.75 Å². The molecule has 16 heavy (non-hydrogen) atoms. The van der Waals surface area contributed by atoms with Crippen LogP contribution < -0.4 is 10.5 Å². The molecule has 1 aromatic rings. The molecule has 0 radical (unpaired) electrons. The van der Waals surface area contributed by atoms with Gasteiger partial charge in [0, 0.05) is 6.54 Å². The van der Waals surface area contributed by atoms with E-state index in [1.54, 1.807) is 0 Å². The fourth-order valence-electron chi connectivity index (χ4n) is 2.19. The van der Waals surface area contributed by atoms with E-state index in [2.05, 4.69) is 28.1 Å². The minimum absolute atomic E-state index is 0.559. The largest absolute Gasteiger partial charge is 0.491 e. The molecule has 0 spiro atoms. The lowest BCUT2D eigenvalue weighted by Gasteiger charge is -2.12. The SMILES string of the molecule is NCCOc1cc2c(cc1Br)CCCCC2. The van der Waals surface area contributed by atoms with Gasteiger partial charge in [0.15, 0.2) is 0 Å². The summed E-state index contributed by atoms with van der Waals surface area (Å²) < 4.78 is 6.68. The first kappa shape index (κ1) is 11.9. The number of rotatable bonds is 3. The first-order valence-electron chi connectivity index (χ1n) is 5.95. The smallest absolute Gasteiger partial charge is 0.133 e. The predicted molar refractivity (Wildman–Crippen MR) is 70.0 cm³/mol. The normalized spacial score (nSPS) is 15.4. The Morgan fingerprint density at radius 1 is 1.12 bits per heavy atom. The number of hydrogen-bond donors (Lipinski definition) is 1. The number of nitrogens with two attached hydrogens (primary N) is 1. The summed E-state index contributed by atoms with van der Waals surface area (Å²) in [5.74, 6) is 0.936. The Morgan fingerprint density at radius 2 is 1.81 bits per heavy atom. The highest BCUT2D eigenvalue weighted by atomic mass is 79.9. The van der Waals surface area contributed by atoms with Crippen LogP contribution in [0, 0.1) is 0 Å². The van der Waals surface area contributed by atoms with Gasteiger partial charge in [-0.25, -0.2) is 0 Å². The van der Waals surface area contributed by atoms with Crippen LogP contribution in [0.25, 0.3) is 0 Å². The Balaban J connectivity index is 2.24. The van der Waals surface area contributed by atoms with Gasteiger partial charge < -0.3 is 10.5 Å². The van der Waals surface area contributed by atoms with Crippen LogP contribution in [0.4, 0.5) is 0 Å². The summed E-state index contributed by atoms with van der Waals surface area (Å²) >= 11 is 3.57. The van der Waals surface area contributed by atoms with Crippen molar-refractivity contribution in [3.63, 3.8) is 0 Å². The summed E-state index contributed by atoms with van der Waals surface area (Å²) in [6.07, 6.45) is 6.32. The third kappa shape index (κ3) is 2.77. The molecule has 2 N–H and O–H groups in total. The minimum atomic E-state index is 0.559. The molecule has 0 heterocycles. The van der Waals surface area contributed by atoms with Crippen molar-refractivity contribution in [2.75, 3.05) is 13.2 Å². The summed E-state index contributed by atoms with van der Waals surface area (Å²) in [6.45, 7) is 1.14. The maximum atomic E-state index is 5.62. The third-order valence-corrected chi connectivity index (χ3v) is 3.64. The van der Waals surface area contributed by atoms with Gasteiger partial charge >= 0.3 is 0 Å².